The van der Waals surface area contributed by atoms with E-state index in [1.54, 1.807) is 0 Å². The van der Waals surface area contributed by atoms with Crippen LogP contribution in [0.15, 0.2) is 23.1 Å². The van der Waals surface area contributed by atoms with Gasteiger partial charge in [0.15, 0.2) is 0 Å². The molecule has 76 valence electrons. The van der Waals surface area contributed by atoms with Crippen molar-refractivity contribution in [1.82, 2.24) is 0 Å². The average molecular weight is 214 g/mol. The lowest BCUT2D eigenvalue weighted by molar-refractivity contribution is 0.0692. The molecular formula is C10H11FO2S. The van der Waals surface area contributed by atoms with Gasteiger partial charge in [-0.15, -0.1) is 11.8 Å². The SMILES string of the molecule is CCCSc1ccc(F)cc1C(=O)O. The zero-order valence-corrected chi connectivity index (χ0v) is 8.60. The lowest BCUT2D eigenvalue weighted by atomic mass is 10.2. The largest absolute Gasteiger partial charge is 0.478 e. The summed E-state index contributed by atoms with van der Waals surface area (Å²) in [5.74, 6) is -0.752. The number of rotatable bonds is 4. The van der Waals surface area contributed by atoms with Gasteiger partial charge in [0.2, 0.25) is 0 Å². The molecule has 2 nitrogen and oxygen atoms in total. The molecule has 1 aromatic rings. The first-order chi connectivity index (χ1) is 6.65. The second-order valence-electron chi connectivity index (χ2n) is 2.79. The highest BCUT2D eigenvalue weighted by Gasteiger charge is 2.10. The van der Waals surface area contributed by atoms with Crippen LogP contribution in [0, 0.1) is 5.82 Å². The Kier molecular flexibility index (Phi) is 3.95. The van der Waals surface area contributed by atoms with E-state index in [1.165, 1.54) is 23.9 Å². The van der Waals surface area contributed by atoms with E-state index < -0.39 is 11.8 Å². The van der Waals surface area contributed by atoms with Gasteiger partial charge in [-0.3, -0.25) is 0 Å². The summed E-state index contributed by atoms with van der Waals surface area (Å²) in [5.41, 5.74) is 0.0449. The van der Waals surface area contributed by atoms with Crippen LogP contribution < -0.4 is 0 Å². The van der Waals surface area contributed by atoms with Crippen LogP contribution in [-0.4, -0.2) is 16.8 Å². The fraction of sp³-hybridized carbons (Fsp3) is 0.300. The molecule has 0 fully saturated rings. The zero-order chi connectivity index (χ0) is 10.6. The number of aromatic carboxylic acids is 1. The monoisotopic (exact) mass is 214 g/mol. The quantitative estimate of drug-likeness (QED) is 0.783. The van der Waals surface area contributed by atoms with Gasteiger partial charge >= 0.3 is 5.97 Å². The Hall–Kier alpha value is -1.03. The number of thioether (sulfide) groups is 1. The van der Waals surface area contributed by atoms with Gasteiger partial charge in [0.05, 0.1) is 5.56 Å². The minimum absolute atomic E-state index is 0.0449. The Morgan fingerprint density at radius 3 is 2.86 bits per heavy atom. The molecule has 14 heavy (non-hydrogen) atoms. The van der Waals surface area contributed by atoms with Crippen molar-refractivity contribution >= 4 is 17.7 Å². The highest BCUT2D eigenvalue weighted by atomic mass is 32.2. The molecule has 1 N–H and O–H groups in total. The third-order valence-corrected chi connectivity index (χ3v) is 2.91. The Labute approximate surface area is 86.1 Å². The normalized spacial score (nSPS) is 10.1. The number of carboxylic acid groups (broad SMARTS) is 1. The van der Waals surface area contributed by atoms with E-state index in [2.05, 4.69) is 0 Å². The summed E-state index contributed by atoms with van der Waals surface area (Å²) in [6, 6.07) is 3.85. The van der Waals surface area contributed by atoms with Crippen molar-refractivity contribution in [3.63, 3.8) is 0 Å². The predicted octanol–water partition coefficient (Wildman–Crippen LogP) is 3.03. The Balaban J connectivity index is 2.96. The van der Waals surface area contributed by atoms with Gasteiger partial charge in [-0.25, -0.2) is 9.18 Å². The molecule has 1 aromatic carbocycles. The highest BCUT2D eigenvalue weighted by molar-refractivity contribution is 7.99. The number of benzene rings is 1. The van der Waals surface area contributed by atoms with Gasteiger partial charge in [0, 0.05) is 4.90 Å². The number of halogens is 1. The fourth-order valence-electron chi connectivity index (χ4n) is 1.01. The van der Waals surface area contributed by atoms with Crippen LogP contribution in [0.25, 0.3) is 0 Å². The summed E-state index contributed by atoms with van der Waals surface area (Å²) in [5, 5.41) is 8.81. The lowest BCUT2D eigenvalue weighted by Gasteiger charge is -2.04. The van der Waals surface area contributed by atoms with Gasteiger partial charge in [-0.1, -0.05) is 6.92 Å². The van der Waals surface area contributed by atoms with Crippen molar-refractivity contribution in [3.8, 4) is 0 Å². The molecule has 0 bridgehead atoms. The maximum atomic E-state index is 12.8. The molecule has 0 heterocycles. The van der Waals surface area contributed by atoms with Crippen LogP contribution in [0.1, 0.15) is 23.7 Å². The number of carbonyl (C=O) groups is 1. The fourth-order valence-corrected chi connectivity index (χ4v) is 1.90. The zero-order valence-electron chi connectivity index (χ0n) is 7.79. The van der Waals surface area contributed by atoms with Gasteiger partial charge in [0.1, 0.15) is 5.82 Å². The maximum Gasteiger partial charge on any atom is 0.336 e. The second kappa shape index (κ2) is 5.00. The smallest absolute Gasteiger partial charge is 0.336 e. The summed E-state index contributed by atoms with van der Waals surface area (Å²) in [6.45, 7) is 2.01. The van der Waals surface area contributed by atoms with Gasteiger partial charge in [-0.05, 0) is 30.4 Å². The van der Waals surface area contributed by atoms with Crippen LogP contribution in [0.3, 0.4) is 0 Å². The number of hydrogen-bond acceptors (Lipinski definition) is 2. The van der Waals surface area contributed by atoms with Gasteiger partial charge in [-0.2, -0.15) is 0 Å². The van der Waals surface area contributed by atoms with E-state index in [9.17, 15) is 9.18 Å². The molecule has 0 aliphatic carbocycles. The van der Waals surface area contributed by atoms with Crippen LogP contribution in [-0.2, 0) is 0 Å². The number of carboxylic acids is 1. The first-order valence-corrected chi connectivity index (χ1v) is 5.29. The van der Waals surface area contributed by atoms with E-state index in [-0.39, 0.29) is 5.56 Å². The molecule has 0 spiro atoms. The van der Waals surface area contributed by atoms with Crippen molar-refractivity contribution in [2.75, 3.05) is 5.75 Å². The standard InChI is InChI=1S/C10H11FO2S/c1-2-5-14-9-4-3-7(11)6-8(9)10(12)13/h3-4,6H,2,5H2,1H3,(H,12,13). The first-order valence-electron chi connectivity index (χ1n) is 4.30. The summed E-state index contributed by atoms with van der Waals surface area (Å²) >= 11 is 1.44. The minimum Gasteiger partial charge on any atom is -0.478 e. The van der Waals surface area contributed by atoms with Crippen LogP contribution in [0.4, 0.5) is 4.39 Å². The molecule has 0 amide bonds. The van der Waals surface area contributed by atoms with E-state index >= 15 is 0 Å². The first kappa shape index (κ1) is 11.0. The Morgan fingerprint density at radius 2 is 2.29 bits per heavy atom. The van der Waals surface area contributed by atoms with Crippen molar-refractivity contribution in [2.24, 2.45) is 0 Å². The molecule has 0 aliphatic rings. The third-order valence-electron chi connectivity index (χ3n) is 1.63. The molecular weight excluding hydrogens is 203 g/mol. The summed E-state index contributed by atoms with van der Waals surface area (Å²) in [4.78, 5) is 11.4. The molecule has 0 atom stereocenters. The summed E-state index contributed by atoms with van der Waals surface area (Å²) in [7, 11) is 0. The molecule has 0 unspecified atom stereocenters. The molecule has 0 aromatic heterocycles. The van der Waals surface area contributed by atoms with E-state index in [0.29, 0.717) is 4.90 Å². The van der Waals surface area contributed by atoms with Gasteiger partial charge in [0.25, 0.3) is 0 Å². The van der Waals surface area contributed by atoms with Crippen LogP contribution in [0.5, 0.6) is 0 Å². The second-order valence-corrected chi connectivity index (χ2v) is 3.93. The molecule has 0 saturated heterocycles. The van der Waals surface area contributed by atoms with E-state index in [4.69, 9.17) is 5.11 Å². The maximum absolute atomic E-state index is 12.8. The van der Waals surface area contributed by atoms with Crippen molar-refractivity contribution < 1.29 is 14.3 Å². The Bertz CT molecular complexity index is 339. The lowest BCUT2D eigenvalue weighted by Crippen LogP contribution is -1.99. The molecule has 4 heteroatoms. The van der Waals surface area contributed by atoms with Crippen LogP contribution >= 0.6 is 11.8 Å². The molecule has 1 rings (SSSR count). The van der Waals surface area contributed by atoms with Crippen molar-refractivity contribution in [3.05, 3.63) is 29.6 Å². The van der Waals surface area contributed by atoms with Crippen molar-refractivity contribution in [1.29, 1.82) is 0 Å². The van der Waals surface area contributed by atoms with E-state index in [0.717, 1.165) is 18.2 Å². The van der Waals surface area contributed by atoms with Crippen molar-refractivity contribution in [2.45, 2.75) is 18.2 Å². The molecule has 0 saturated carbocycles. The van der Waals surface area contributed by atoms with Crippen LogP contribution in [0.2, 0.25) is 0 Å². The van der Waals surface area contributed by atoms with E-state index in [1.807, 2.05) is 6.92 Å². The summed E-state index contributed by atoms with van der Waals surface area (Å²) < 4.78 is 12.8. The number of hydrogen-bond donors (Lipinski definition) is 1. The summed E-state index contributed by atoms with van der Waals surface area (Å²) in [6.07, 6.45) is 0.959. The predicted molar refractivity (Wildman–Crippen MR) is 54.4 cm³/mol. The topological polar surface area (TPSA) is 37.3 Å². The molecule has 0 aliphatic heterocycles. The average Bonchev–Trinajstić information content (AvgIpc) is 2.15. The Morgan fingerprint density at radius 1 is 1.57 bits per heavy atom. The molecule has 0 radical (unpaired) electrons. The highest BCUT2D eigenvalue weighted by Crippen LogP contribution is 2.24. The van der Waals surface area contributed by atoms with Gasteiger partial charge < -0.3 is 5.11 Å². The third kappa shape index (κ3) is 2.73. The minimum atomic E-state index is -1.08.